The quantitative estimate of drug-likeness (QED) is 0.657. The van der Waals surface area contributed by atoms with E-state index in [1.165, 1.54) is 22.6 Å². The van der Waals surface area contributed by atoms with Crippen molar-refractivity contribution in [1.82, 2.24) is 14.6 Å². The molecule has 1 rings (SSSR count). The first-order valence-corrected chi connectivity index (χ1v) is 8.53. The van der Waals surface area contributed by atoms with Crippen LogP contribution in [0.15, 0.2) is 18.3 Å². The number of carboxylic acids is 1. The molecule has 0 fully saturated rings. The van der Waals surface area contributed by atoms with E-state index in [0.717, 1.165) is 6.26 Å². The lowest BCUT2D eigenvalue weighted by Gasteiger charge is -2.17. The van der Waals surface area contributed by atoms with Gasteiger partial charge in [-0.1, -0.05) is 6.92 Å². The Morgan fingerprint density at radius 2 is 2.09 bits per heavy atom. The van der Waals surface area contributed by atoms with E-state index in [1.807, 2.05) is 0 Å². The maximum atomic E-state index is 11.9. The standard InChI is InChI=1S/C13H19N3O5S/c1-3-16(22(2,20)21)8-4-6-15-12(17)10-5-7-14-11(9-10)13(18)19/h5,7,9H,3-4,6,8H2,1-2H3,(H,15,17)(H,18,19). The summed E-state index contributed by atoms with van der Waals surface area (Å²) in [6.07, 6.45) is 2.85. The van der Waals surface area contributed by atoms with Crippen LogP contribution in [0.25, 0.3) is 0 Å². The lowest BCUT2D eigenvalue weighted by Crippen LogP contribution is -2.33. The van der Waals surface area contributed by atoms with Gasteiger partial charge in [-0.25, -0.2) is 22.5 Å². The first-order chi connectivity index (χ1) is 10.3. The Hall–Kier alpha value is -2.00. The summed E-state index contributed by atoms with van der Waals surface area (Å²) in [4.78, 5) is 26.3. The molecule has 0 aliphatic carbocycles. The number of rotatable bonds is 8. The Morgan fingerprint density at radius 1 is 1.41 bits per heavy atom. The van der Waals surface area contributed by atoms with Crippen LogP contribution in [-0.2, 0) is 10.0 Å². The second kappa shape index (κ2) is 7.85. The topological polar surface area (TPSA) is 117 Å². The lowest BCUT2D eigenvalue weighted by molar-refractivity contribution is 0.0690. The Balaban J connectivity index is 2.50. The van der Waals surface area contributed by atoms with Gasteiger partial charge in [-0.05, 0) is 18.6 Å². The molecule has 2 N–H and O–H groups in total. The fraction of sp³-hybridized carbons (Fsp3) is 0.462. The molecule has 0 spiro atoms. The van der Waals surface area contributed by atoms with Crippen LogP contribution < -0.4 is 5.32 Å². The molecule has 0 aliphatic rings. The molecule has 122 valence electrons. The number of pyridine rings is 1. The Kier molecular flexibility index (Phi) is 6.44. The average Bonchev–Trinajstić information content (AvgIpc) is 2.45. The van der Waals surface area contributed by atoms with E-state index in [4.69, 9.17) is 5.11 Å². The fourth-order valence-corrected chi connectivity index (χ4v) is 2.74. The van der Waals surface area contributed by atoms with Crippen LogP contribution in [0.3, 0.4) is 0 Å². The fourth-order valence-electron chi connectivity index (χ4n) is 1.81. The van der Waals surface area contributed by atoms with Crippen LogP contribution in [0.5, 0.6) is 0 Å². The zero-order chi connectivity index (χ0) is 16.8. The molecule has 22 heavy (non-hydrogen) atoms. The monoisotopic (exact) mass is 329 g/mol. The minimum absolute atomic E-state index is 0.197. The van der Waals surface area contributed by atoms with E-state index >= 15 is 0 Å². The second-order valence-electron chi connectivity index (χ2n) is 4.60. The minimum Gasteiger partial charge on any atom is -0.477 e. The summed E-state index contributed by atoms with van der Waals surface area (Å²) < 4.78 is 24.1. The van der Waals surface area contributed by atoms with Crippen molar-refractivity contribution in [3.8, 4) is 0 Å². The molecule has 0 saturated carbocycles. The number of hydrogen-bond donors (Lipinski definition) is 2. The molecule has 8 nitrogen and oxygen atoms in total. The predicted molar refractivity (Wildman–Crippen MR) is 80.2 cm³/mol. The van der Waals surface area contributed by atoms with Crippen LogP contribution >= 0.6 is 0 Å². The van der Waals surface area contributed by atoms with Gasteiger partial charge in [0.2, 0.25) is 10.0 Å². The number of nitrogens with one attached hydrogen (secondary N) is 1. The minimum atomic E-state index is -3.24. The van der Waals surface area contributed by atoms with E-state index in [2.05, 4.69) is 10.3 Å². The van der Waals surface area contributed by atoms with Gasteiger partial charge in [-0.3, -0.25) is 4.79 Å². The van der Waals surface area contributed by atoms with E-state index in [0.29, 0.717) is 19.5 Å². The van der Waals surface area contributed by atoms with Gasteiger partial charge in [-0.15, -0.1) is 0 Å². The van der Waals surface area contributed by atoms with Crippen molar-refractivity contribution in [3.05, 3.63) is 29.6 Å². The van der Waals surface area contributed by atoms with Gasteiger partial charge in [0.15, 0.2) is 0 Å². The van der Waals surface area contributed by atoms with Crippen LogP contribution in [0.2, 0.25) is 0 Å². The molecule has 9 heteroatoms. The van der Waals surface area contributed by atoms with E-state index in [9.17, 15) is 18.0 Å². The number of amides is 1. The number of carboxylic acid groups (broad SMARTS) is 1. The number of sulfonamides is 1. The molecule has 1 heterocycles. The zero-order valence-electron chi connectivity index (χ0n) is 12.4. The number of carbonyl (C=O) groups excluding carboxylic acids is 1. The normalized spacial score (nSPS) is 11.4. The molecular weight excluding hydrogens is 310 g/mol. The molecule has 1 aromatic heterocycles. The van der Waals surface area contributed by atoms with Crippen LogP contribution in [-0.4, -0.2) is 60.6 Å². The van der Waals surface area contributed by atoms with Gasteiger partial charge < -0.3 is 10.4 Å². The Morgan fingerprint density at radius 3 is 2.64 bits per heavy atom. The van der Waals surface area contributed by atoms with Gasteiger partial charge >= 0.3 is 5.97 Å². The molecule has 1 aromatic rings. The second-order valence-corrected chi connectivity index (χ2v) is 6.58. The van der Waals surface area contributed by atoms with Crippen molar-refractivity contribution in [2.24, 2.45) is 0 Å². The van der Waals surface area contributed by atoms with Crippen LogP contribution in [0.1, 0.15) is 34.2 Å². The average molecular weight is 329 g/mol. The van der Waals surface area contributed by atoms with Gasteiger partial charge in [0, 0.05) is 31.4 Å². The summed E-state index contributed by atoms with van der Waals surface area (Å²) in [5, 5.41) is 11.4. The van der Waals surface area contributed by atoms with Gasteiger partial charge in [-0.2, -0.15) is 0 Å². The van der Waals surface area contributed by atoms with Crippen LogP contribution in [0.4, 0.5) is 0 Å². The van der Waals surface area contributed by atoms with Gasteiger partial charge in [0.1, 0.15) is 5.69 Å². The predicted octanol–water partition coefficient (Wildman–Crippen LogP) is 0.181. The van der Waals surface area contributed by atoms with Crippen molar-refractivity contribution in [2.45, 2.75) is 13.3 Å². The van der Waals surface area contributed by atoms with Crippen molar-refractivity contribution in [3.63, 3.8) is 0 Å². The number of nitrogens with zero attached hydrogens (tertiary/aromatic N) is 2. The maximum Gasteiger partial charge on any atom is 0.354 e. The molecule has 0 saturated heterocycles. The molecule has 0 bridgehead atoms. The van der Waals surface area contributed by atoms with E-state index < -0.39 is 21.9 Å². The molecule has 1 amide bonds. The summed E-state index contributed by atoms with van der Waals surface area (Å²) in [5.74, 6) is -1.63. The summed E-state index contributed by atoms with van der Waals surface area (Å²) in [6, 6.07) is 2.60. The third-order valence-electron chi connectivity index (χ3n) is 2.93. The highest BCUT2D eigenvalue weighted by molar-refractivity contribution is 7.88. The lowest BCUT2D eigenvalue weighted by atomic mass is 10.2. The van der Waals surface area contributed by atoms with E-state index in [-0.39, 0.29) is 17.8 Å². The van der Waals surface area contributed by atoms with Gasteiger partial charge in [0.25, 0.3) is 5.91 Å². The number of aromatic carboxylic acids is 1. The summed E-state index contributed by atoms with van der Waals surface area (Å²) in [6.45, 7) is 2.71. The molecule has 0 atom stereocenters. The third kappa shape index (κ3) is 5.41. The van der Waals surface area contributed by atoms with Crippen LogP contribution in [0, 0.1) is 0 Å². The first kappa shape index (κ1) is 18.1. The molecule has 0 unspecified atom stereocenters. The SMILES string of the molecule is CCN(CCCNC(=O)c1ccnc(C(=O)O)c1)S(C)(=O)=O. The molecule has 0 aromatic carbocycles. The summed E-state index contributed by atoms with van der Waals surface area (Å²) >= 11 is 0. The highest BCUT2D eigenvalue weighted by Crippen LogP contribution is 2.02. The van der Waals surface area contributed by atoms with Gasteiger partial charge in [0.05, 0.1) is 6.26 Å². The number of hydrogen-bond acceptors (Lipinski definition) is 5. The number of aromatic nitrogens is 1. The highest BCUT2D eigenvalue weighted by Gasteiger charge is 2.14. The smallest absolute Gasteiger partial charge is 0.354 e. The van der Waals surface area contributed by atoms with Crippen molar-refractivity contribution in [2.75, 3.05) is 25.9 Å². The zero-order valence-corrected chi connectivity index (χ0v) is 13.3. The summed E-state index contributed by atoms with van der Waals surface area (Å²) in [7, 11) is -3.24. The van der Waals surface area contributed by atoms with E-state index in [1.54, 1.807) is 6.92 Å². The molecular formula is C13H19N3O5S. The molecule has 0 radical (unpaired) electrons. The maximum absolute atomic E-state index is 11.9. The largest absolute Gasteiger partial charge is 0.477 e. The van der Waals surface area contributed by atoms with Crippen molar-refractivity contribution in [1.29, 1.82) is 0 Å². The summed E-state index contributed by atoms with van der Waals surface area (Å²) in [5.41, 5.74) is -0.00950. The van der Waals surface area contributed by atoms with Crippen molar-refractivity contribution >= 4 is 21.9 Å². The Bertz CT molecular complexity index is 645. The van der Waals surface area contributed by atoms with Crippen molar-refractivity contribution < 1.29 is 23.1 Å². The first-order valence-electron chi connectivity index (χ1n) is 6.68. The molecule has 0 aliphatic heterocycles. The highest BCUT2D eigenvalue weighted by atomic mass is 32.2. The Labute approximate surface area is 129 Å². The third-order valence-corrected chi connectivity index (χ3v) is 4.31. The number of carbonyl (C=O) groups is 2.